The molecular weight excluding hydrogens is 391 g/mol. The molecular formula is C25H37FN4O. The molecule has 1 aromatic rings. The summed E-state index contributed by atoms with van der Waals surface area (Å²) in [4.78, 5) is 15.2. The van der Waals surface area contributed by atoms with Gasteiger partial charge < -0.3 is 20.9 Å². The van der Waals surface area contributed by atoms with Gasteiger partial charge in [0.1, 0.15) is 11.9 Å². The zero-order valence-electron chi connectivity index (χ0n) is 18.9. The summed E-state index contributed by atoms with van der Waals surface area (Å²) in [6.45, 7) is 11.6. The largest absolute Gasteiger partial charge is 0.379 e. The van der Waals surface area contributed by atoms with Gasteiger partial charge in [-0.05, 0) is 57.7 Å². The number of hydrogen-bond donors (Lipinski definition) is 3. The van der Waals surface area contributed by atoms with E-state index in [1.807, 2.05) is 7.05 Å². The summed E-state index contributed by atoms with van der Waals surface area (Å²) in [5, 5.41) is 9.66. The molecule has 0 spiro atoms. The highest BCUT2D eigenvalue weighted by molar-refractivity contribution is 5.95. The van der Waals surface area contributed by atoms with Crippen molar-refractivity contribution in [3.63, 3.8) is 0 Å². The Morgan fingerprint density at radius 2 is 1.84 bits per heavy atom. The Hall–Kier alpha value is -2.34. The number of likely N-dealkylation sites (N-methyl/N-ethyl adjacent to an activating group) is 1. The van der Waals surface area contributed by atoms with E-state index >= 15 is 0 Å². The van der Waals surface area contributed by atoms with Crippen molar-refractivity contribution in [2.75, 3.05) is 18.9 Å². The molecule has 2 aliphatic rings. The Morgan fingerprint density at radius 1 is 1.13 bits per heavy atom. The minimum Gasteiger partial charge on any atom is -0.379 e. The highest BCUT2D eigenvalue weighted by atomic mass is 19.1. The van der Waals surface area contributed by atoms with Crippen LogP contribution in [0.25, 0.3) is 0 Å². The molecule has 1 aliphatic carbocycles. The second-order valence-corrected chi connectivity index (χ2v) is 8.87. The third kappa shape index (κ3) is 5.67. The molecule has 1 amide bonds. The number of benzene rings is 1. The van der Waals surface area contributed by atoms with Crippen LogP contribution in [0.3, 0.4) is 0 Å². The van der Waals surface area contributed by atoms with Gasteiger partial charge in [-0.3, -0.25) is 4.79 Å². The first-order valence-corrected chi connectivity index (χ1v) is 11.6. The van der Waals surface area contributed by atoms with E-state index in [-0.39, 0.29) is 29.7 Å². The van der Waals surface area contributed by atoms with E-state index in [4.69, 9.17) is 0 Å². The smallest absolute Gasteiger partial charge is 0.247 e. The predicted molar refractivity (Wildman–Crippen MR) is 125 cm³/mol. The lowest BCUT2D eigenvalue weighted by Crippen LogP contribution is -2.49. The summed E-state index contributed by atoms with van der Waals surface area (Å²) in [7, 11) is 1.92. The normalized spacial score (nSPS) is 21.4. The molecule has 1 saturated carbocycles. The first-order valence-electron chi connectivity index (χ1n) is 11.6. The number of halogens is 1. The quantitative estimate of drug-likeness (QED) is 0.546. The van der Waals surface area contributed by atoms with E-state index in [0.29, 0.717) is 5.92 Å². The number of carbonyl (C=O) groups is 1. The molecule has 2 fully saturated rings. The molecule has 1 aliphatic heterocycles. The Kier molecular flexibility index (Phi) is 8.13. The highest BCUT2D eigenvalue weighted by Gasteiger charge is 2.37. The fourth-order valence-corrected chi connectivity index (χ4v) is 4.78. The first-order chi connectivity index (χ1) is 14.9. The van der Waals surface area contributed by atoms with E-state index in [2.05, 4.69) is 40.9 Å². The Morgan fingerprint density at radius 3 is 2.52 bits per heavy atom. The van der Waals surface area contributed by atoms with Gasteiger partial charge in [-0.2, -0.15) is 0 Å². The molecule has 0 unspecified atom stereocenters. The molecule has 3 rings (SSSR count). The monoisotopic (exact) mass is 428 g/mol. The molecule has 5 nitrogen and oxygen atoms in total. The van der Waals surface area contributed by atoms with E-state index in [1.165, 1.54) is 25.3 Å². The summed E-state index contributed by atoms with van der Waals surface area (Å²) in [5.74, 6) is -0.121. The lowest BCUT2D eigenvalue weighted by atomic mass is 9.82. The zero-order chi connectivity index (χ0) is 22.4. The van der Waals surface area contributed by atoms with Gasteiger partial charge in [-0.15, -0.1) is 0 Å². The van der Waals surface area contributed by atoms with Crippen molar-refractivity contribution in [1.29, 1.82) is 0 Å². The molecule has 6 heteroatoms. The molecule has 1 aromatic carbocycles. The van der Waals surface area contributed by atoms with E-state index < -0.39 is 5.82 Å². The number of carbonyl (C=O) groups excluding carboxylic acids is 1. The third-order valence-electron chi connectivity index (χ3n) is 6.83. The van der Waals surface area contributed by atoms with E-state index in [9.17, 15) is 9.18 Å². The number of rotatable bonds is 9. The maximum Gasteiger partial charge on any atom is 0.247 e. The number of anilines is 1. The number of para-hydroxylation sites is 1. The van der Waals surface area contributed by atoms with Gasteiger partial charge in [-0.25, -0.2) is 4.39 Å². The Balaban J connectivity index is 1.75. The van der Waals surface area contributed by atoms with Crippen molar-refractivity contribution >= 4 is 11.6 Å². The van der Waals surface area contributed by atoms with Crippen molar-refractivity contribution in [3.8, 4) is 0 Å². The lowest BCUT2D eigenvalue weighted by molar-refractivity contribution is -0.119. The standard InChI is InChI=1S/C25H37FN4O/c1-17(27-4)18(2)28-24(20-11-6-5-7-12-20)19(3)30-16-10-15-23(30)25(31)29-22-14-9-8-13-21(22)26/h8-9,13-14,17,20,23-24,27-28H,2-3,5-7,10-12,15-16H2,1,4H3,(H,29,31)/t17-,23-,24+/m0/s1. The lowest BCUT2D eigenvalue weighted by Gasteiger charge is -2.39. The van der Waals surface area contributed by atoms with Crippen LogP contribution >= 0.6 is 0 Å². The van der Waals surface area contributed by atoms with Gasteiger partial charge in [0.2, 0.25) is 5.91 Å². The van der Waals surface area contributed by atoms with Crippen LogP contribution in [0.2, 0.25) is 0 Å². The fraction of sp³-hybridized carbons (Fsp3) is 0.560. The van der Waals surface area contributed by atoms with Crippen LogP contribution in [-0.4, -0.2) is 42.5 Å². The molecule has 170 valence electrons. The predicted octanol–water partition coefficient (Wildman–Crippen LogP) is 4.40. The van der Waals surface area contributed by atoms with Gasteiger partial charge >= 0.3 is 0 Å². The Bertz CT molecular complexity index is 789. The molecule has 1 heterocycles. The summed E-state index contributed by atoms with van der Waals surface area (Å²) >= 11 is 0. The summed E-state index contributed by atoms with van der Waals surface area (Å²) < 4.78 is 14.0. The van der Waals surface area contributed by atoms with Crippen LogP contribution in [-0.2, 0) is 4.79 Å². The van der Waals surface area contributed by atoms with Gasteiger partial charge in [0.05, 0.1) is 11.7 Å². The summed E-state index contributed by atoms with van der Waals surface area (Å²) in [5.41, 5.74) is 2.11. The van der Waals surface area contributed by atoms with E-state index in [1.54, 1.807) is 18.2 Å². The average Bonchev–Trinajstić information content (AvgIpc) is 3.28. The maximum atomic E-state index is 14.0. The number of nitrogens with one attached hydrogen (secondary N) is 3. The second kappa shape index (κ2) is 10.8. The average molecular weight is 429 g/mol. The zero-order valence-corrected chi connectivity index (χ0v) is 18.9. The molecule has 0 aromatic heterocycles. The van der Waals surface area contributed by atoms with Crippen molar-refractivity contribution in [2.45, 2.75) is 70.0 Å². The van der Waals surface area contributed by atoms with Crippen molar-refractivity contribution in [2.24, 2.45) is 5.92 Å². The third-order valence-corrected chi connectivity index (χ3v) is 6.83. The highest BCUT2D eigenvalue weighted by Crippen LogP contribution is 2.33. The second-order valence-electron chi connectivity index (χ2n) is 8.87. The van der Waals surface area contributed by atoms with E-state index in [0.717, 1.165) is 43.6 Å². The van der Waals surface area contributed by atoms with Gasteiger partial charge in [-0.1, -0.05) is 44.6 Å². The fourth-order valence-electron chi connectivity index (χ4n) is 4.78. The van der Waals surface area contributed by atoms with Crippen LogP contribution in [0.5, 0.6) is 0 Å². The molecule has 3 N–H and O–H groups in total. The summed E-state index contributed by atoms with van der Waals surface area (Å²) in [6, 6.07) is 6.14. The number of nitrogens with zero attached hydrogens (tertiary/aromatic N) is 1. The van der Waals surface area contributed by atoms with Crippen LogP contribution in [0.4, 0.5) is 10.1 Å². The maximum absolute atomic E-state index is 14.0. The number of likely N-dealkylation sites (tertiary alicyclic amines) is 1. The molecule has 0 radical (unpaired) electrons. The molecule has 3 atom stereocenters. The topological polar surface area (TPSA) is 56.4 Å². The van der Waals surface area contributed by atoms with Crippen molar-refractivity contribution in [1.82, 2.24) is 15.5 Å². The van der Waals surface area contributed by atoms with Gasteiger partial charge in [0, 0.05) is 24.0 Å². The Labute approximate surface area is 186 Å². The van der Waals surface area contributed by atoms with Crippen molar-refractivity contribution < 1.29 is 9.18 Å². The van der Waals surface area contributed by atoms with Crippen LogP contribution < -0.4 is 16.0 Å². The molecule has 0 bridgehead atoms. The van der Waals surface area contributed by atoms with Gasteiger partial charge in [0.25, 0.3) is 0 Å². The summed E-state index contributed by atoms with van der Waals surface area (Å²) in [6.07, 6.45) is 7.68. The first kappa shape index (κ1) is 23.3. The van der Waals surface area contributed by atoms with Gasteiger partial charge in [0.15, 0.2) is 0 Å². The molecule has 31 heavy (non-hydrogen) atoms. The SMILES string of the molecule is C=C(N[C@H](C(=C)N1CCC[C@H]1C(=O)Nc1ccccc1F)C1CCCCC1)[C@H](C)NC. The van der Waals surface area contributed by atoms with Crippen LogP contribution in [0, 0.1) is 11.7 Å². The number of hydrogen-bond acceptors (Lipinski definition) is 4. The van der Waals surface area contributed by atoms with Crippen molar-refractivity contribution in [3.05, 3.63) is 54.6 Å². The number of amides is 1. The minimum absolute atomic E-state index is 0.0467. The minimum atomic E-state index is -0.418. The van der Waals surface area contributed by atoms with Crippen LogP contribution in [0.15, 0.2) is 48.8 Å². The van der Waals surface area contributed by atoms with Crippen LogP contribution in [0.1, 0.15) is 51.9 Å². The molecule has 1 saturated heterocycles.